The van der Waals surface area contributed by atoms with Gasteiger partial charge in [-0.25, -0.2) is 8.42 Å². The van der Waals surface area contributed by atoms with Gasteiger partial charge < -0.3 is 15.0 Å². The zero-order valence-corrected chi connectivity index (χ0v) is 24.8. The zero-order chi connectivity index (χ0) is 29.3. The van der Waals surface area contributed by atoms with E-state index in [4.69, 9.17) is 16.3 Å². The van der Waals surface area contributed by atoms with Crippen LogP contribution in [0.2, 0.25) is 5.02 Å². The molecule has 0 aliphatic rings. The minimum atomic E-state index is -4.16. The minimum Gasteiger partial charge on any atom is -0.497 e. The van der Waals surface area contributed by atoms with E-state index < -0.39 is 28.5 Å². The van der Waals surface area contributed by atoms with Gasteiger partial charge in [-0.1, -0.05) is 61.3 Å². The van der Waals surface area contributed by atoms with Crippen molar-refractivity contribution in [3.8, 4) is 5.75 Å². The van der Waals surface area contributed by atoms with Crippen molar-refractivity contribution in [2.24, 2.45) is 0 Å². The van der Waals surface area contributed by atoms with Crippen LogP contribution in [0, 0.1) is 6.92 Å². The van der Waals surface area contributed by atoms with E-state index >= 15 is 0 Å². The van der Waals surface area contributed by atoms with Crippen LogP contribution in [0.1, 0.15) is 37.8 Å². The number of rotatable bonds is 13. The highest BCUT2D eigenvalue weighted by Crippen LogP contribution is 2.27. The Morgan fingerprint density at radius 3 is 2.33 bits per heavy atom. The molecule has 0 unspecified atom stereocenters. The number of anilines is 1. The van der Waals surface area contributed by atoms with Crippen molar-refractivity contribution in [1.29, 1.82) is 0 Å². The van der Waals surface area contributed by atoms with E-state index in [0.29, 0.717) is 23.7 Å². The predicted molar refractivity (Wildman–Crippen MR) is 158 cm³/mol. The van der Waals surface area contributed by atoms with Crippen LogP contribution in [0.25, 0.3) is 0 Å². The molecule has 3 aromatic rings. The average Bonchev–Trinajstić information content (AvgIpc) is 2.94. The predicted octanol–water partition coefficient (Wildman–Crippen LogP) is 5.19. The van der Waals surface area contributed by atoms with Crippen molar-refractivity contribution in [3.63, 3.8) is 0 Å². The van der Waals surface area contributed by atoms with E-state index in [9.17, 15) is 18.0 Å². The van der Waals surface area contributed by atoms with Gasteiger partial charge in [-0.2, -0.15) is 0 Å². The van der Waals surface area contributed by atoms with Gasteiger partial charge in [0.2, 0.25) is 11.8 Å². The summed E-state index contributed by atoms with van der Waals surface area (Å²) in [4.78, 5) is 28.7. The normalized spacial score (nSPS) is 11.9. The van der Waals surface area contributed by atoms with Crippen LogP contribution in [-0.2, 0) is 26.2 Å². The zero-order valence-electron chi connectivity index (χ0n) is 23.3. The highest BCUT2D eigenvalue weighted by atomic mass is 35.5. The third kappa shape index (κ3) is 7.76. The molecular weight excluding hydrogens is 550 g/mol. The molecule has 0 saturated heterocycles. The Hall–Kier alpha value is -3.56. The maximum Gasteiger partial charge on any atom is 0.264 e. The number of carbonyl (C=O) groups is 2. The summed E-state index contributed by atoms with van der Waals surface area (Å²) in [6.45, 7) is 5.64. The lowest BCUT2D eigenvalue weighted by molar-refractivity contribution is -0.140. The van der Waals surface area contributed by atoms with Gasteiger partial charge in [0.25, 0.3) is 10.0 Å². The first kappa shape index (κ1) is 31.0. The first-order valence-corrected chi connectivity index (χ1v) is 15.0. The molecule has 0 spiro atoms. The monoisotopic (exact) mass is 585 g/mol. The average molecular weight is 586 g/mol. The number of nitrogens with zero attached hydrogens (tertiary/aromatic N) is 2. The number of methoxy groups -OCH3 is 1. The second-order valence-corrected chi connectivity index (χ2v) is 11.7. The van der Waals surface area contributed by atoms with Crippen LogP contribution >= 0.6 is 11.6 Å². The summed E-state index contributed by atoms with van der Waals surface area (Å²) in [5.74, 6) is -0.218. The molecule has 40 heavy (non-hydrogen) atoms. The van der Waals surface area contributed by atoms with Crippen LogP contribution in [0.15, 0.2) is 77.7 Å². The van der Waals surface area contributed by atoms with E-state index in [2.05, 4.69) is 5.32 Å². The van der Waals surface area contributed by atoms with Gasteiger partial charge in [0.15, 0.2) is 0 Å². The summed E-state index contributed by atoms with van der Waals surface area (Å²) >= 11 is 6.22. The van der Waals surface area contributed by atoms with E-state index in [0.717, 1.165) is 21.9 Å². The molecule has 1 N–H and O–H groups in total. The number of hydrogen-bond donors (Lipinski definition) is 1. The molecule has 0 aliphatic carbocycles. The highest BCUT2D eigenvalue weighted by molar-refractivity contribution is 7.92. The summed E-state index contributed by atoms with van der Waals surface area (Å²) in [5.41, 5.74) is 1.88. The fourth-order valence-electron chi connectivity index (χ4n) is 4.25. The van der Waals surface area contributed by atoms with Crippen LogP contribution in [0.4, 0.5) is 5.69 Å². The SMILES string of the molecule is CCCNC(=O)[C@@H](CC)N(Cc1cccc(OC)c1)C(=O)CN(c1cccc(Cl)c1)S(=O)(=O)c1ccc(C)cc1. The summed E-state index contributed by atoms with van der Waals surface area (Å²) in [6.07, 6.45) is 1.08. The molecule has 0 bridgehead atoms. The molecule has 0 aromatic heterocycles. The second-order valence-electron chi connectivity index (χ2n) is 9.39. The van der Waals surface area contributed by atoms with Crippen LogP contribution in [0.3, 0.4) is 0 Å². The standard InChI is InChI=1S/C30H36ClN3O5S/c1-5-17-32-30(36)28(6-2)33(20-23-9-7-12-26(18-23)39-4)29(35)21-34(25-11-8-10-24(31)19-25)40(37,38)27-15-13-22(3)14-16-27/h7-16,18-19,28H,5-6,17,20-21H2,1-4H3,(H,32,36)/t28-/m1/s1. The fourth-order valence-corrected chi connectivity index (χ4v) is 5.84. The first-order chi connectivity index (χ1) is 19.1. The van der Waals surface area contributed by atoms with Crippen LogP contribution in [-0.4, -0.2) is 51.4 Å². The second kappa shape index (κ2) is 14.2. The molecule has 0 aliphatic heterocycles. The first-order valence-electron chi connectivity index (χ1n) is 13.2. The van der Waals surface area contributed by atoms with Crippen LogP contribution in [0.5, 0.6) is 5.75 Å². The Morgan fingerprint density at radius 1 is 1.00 bits per heavy atom. The summed E-state index contributed by atoms with van der Waals surface area (Å²) < 4.78 is 34.2. The van der Waals surface area contributed by atoms with Gasteiger partial charge in [-0.15, -0.1) is 0 Å². The Labute approximate surface area is 241 Å². The molecule has 0 heterocycles. The molecule has 3 rings (SSSR count). The van der Waals surface area contributed by atoms with Gasteiger partial charge in [0.05, 0.1) is 17.7 Å². The topological polar surface area (TPSA) is 96.0 Å². The Morgan fingerprint density at radius 2 is 1.70 bits per heavy atom. The third-order valence-corrected chi connectivity index (χ3v) is 8.43. The van der Waals surface area contributed by atoms with Gasteiger partial charge >= 0.3 is 0 Å². The Kier molecular flexibility index (Phi) is 11.0. The van der Waals surface area contributed by atoms with E-state index in [1.54, 1.807) is 55.6 Å². The Balaban J connectivity index is 2.06. The van der Waals surface area contributed by atoms with Crippen molar-refractivity contribution >= 4 is 39.1 Å². The minimum absolute atomic E-state index is 0.0398. The lowest BCUT2D eigenvalue weighted by atomic mass is 10.1. The number of benzene rings is 3. The fraction of sp³-hybridized carbons (Fsp3) is 0.333. The smallest absolute Gasteiger partial charge is 0.264 e. The third-order valence-electron chi connectivity index (χ3n) is 6.41. The maximum absolute atomic E-state index is 14.1. The largest absolute Gasteiger partial charge is 0.497 e. The van der Waals surface area contributed by atoms with Gasteiger partial charge in [0.1, 0.15) is 18.3 Å². The number of amides is 2. The van der Waals surface area contributed by atoms with Gasteiger partial charge in [-0.3, -0.25) is 13.9 Å². The lowest BCUT2D eigenvalue weighted by Gasteiger charge is -2.33. The number of aryl methyl sites for hydroxylation is 1. The van der Waals surface area contributed by atoms with Crippen LogP contribution < -0.4 is 14.4 Å². The number of hydrogen-bond acceptors (Lipinski definition) is 5. The van der Waals surface area contributed by atoms with E-state index in [-0.39, 0.29) is 23.0 Å². The van der Waals surface area contributed by atoms with E-state index in [1.807, 2.05) is 26.8 Å². The Bertz CT molecular complexity index is 1410. The summed E-state index contributed by atoms with van der Waals surface area (Å²) in [6, 6.07) is 19.1. The maximum atomic E-state index is 14.1. The van der Waals surface area contributed by atoms with Crippen molar-refractivity contribution in [2.75, 3.05) is 24.5 Å². The number of sulfonamides is 1. The van der Waals surface area contributed by atoms with Gasteiger partial charge in [0, 0.05) is 18.1 Å². The van der Waals surface area contributed by atoms with Gasteiger partial charge in [-0.05, 0) is 67.8 Å². The van der Waals surface area contributed by atoms with Crippen molar-refractivity contribution in [2.45, 2.75) is 51.1 Å². The molecular formula is C30H36ClN3O5S. The molecule has 3 aromatic carbocycles. The van der Waals surface area contributed by atoms with E-state index in [1.165, 1.54) is 23.1 Å². The molecule has 10 heteroatoms. The molecule has 0 fully saturated rings. The number of carbonyl (C=O) groups excluding carboxylic acids is 2. The number of halogens is 1. The van der Waals surface area contributed by atoms with Crippen molar-refractivity contribution in [1.82, 2.24) is 10.2 Å². The molecule has 1 atom stereocenters. The molecule has 0 radical (unpaired) electrons. The molecule has 214 valence electrons. The summed E-state index contributed by atoms with van der Waals surface area (Å²) in [5, 5.41) is 3.20. The quantitative estimate of drug-likeness (QED) is 0.298. The molecule has 2 amide bonds. The van der Waals surface area contributed by atoms with Crippen molar-refractivity contribution in [3.05, 3.63) is 88.9 Å². The van der Waals surface area contributed by atoms with Crippen molar-refractivity contribution < 1.29 is 22.7 Å². The lowest BCUT2D eigenvalue weighted by Crippen LogP contribution is -2.52. The summed E-state index contributed by atoms with van der Waals surface area (Å²) in [7, 11) is -2.61. The molecule has 8 nitrogen and oxygen atoms in total. The highest BCUT2D eigenvalue weighted by Gasteiger charge is 2.33. The number of ether oxygens (including phenoxy) is 1. The number of nitrogens with one attached hydrogen (secondary N) is 1. The molecule has 0 saturated carbocycles.